The van der Waals surface area contributed by atoms with Crippen LogP contribution in [0.3, 0.4) is 0 Å². The maximum Gasteiger partial charge on any atom is 0.126 e. The molecule has 0 aromatic carbocycles. The predicted octanol–water partition coefficient (Wildman–Crippen LogP) is 1.99. The molecule has 0 amide bonds. The van der Waals surface area contributed by atoms with Crippen LogP contribution in [0.2, 0.25) is 0 Å². The Morgan fingerprint density at radius 3 is 2.80 bits per heavy atom. The molecule has 0 spiro atoms. The Morgan fingerprint density at radius 2 is 2.13 bits per heavy atom. The molecule has 0 atom stereocenters. The Balaban J connectivity index is 2.12. The van der Waals surface area contributed by atoms with Crippen molar-refractivity contribution < 1.29 is 4.74 Å². The number of hydrogen-bond acceptors (Lipinski definition) is 3. The van der Waals surface area contributed by atoms with Crippen LogP contribution in [0, 0.1) is 6.92 Å². The summed E-state index contributed by atoms with van der Waals surface area (Å²) in [6.07, 6.45) is 4.58. The Kier molecular flexibility index (Phi) is 3.21. The Morgan fingerprint density at radius 1 is 1.40 bits per heavy atom. The van der Waals surface area contributed by atoms with Gasteiger partial charge in [0.1, 0.15) is 5.75 Å². The molecule has 1 saturated heterocycles. The van der Waals surface area contributed by atoms with Gasteiger partial charge in [0.25, 0.3) is 0 Å². The number of ether oxygens (including phenoxy) is 1. The fraction of sp³-hybridized carbons (Fsp3) is 0.583. The van der Waals surface area contributed by atoms with Gasteiger partial charge in [0.05, 0.1) is 7.11 Å². The second kappa shape index (κ2) is 4.62. The van der Waals surface area contributed by atoms with Crippen molar-refractivity contribution in [3.05, 3.63) is 23.5 Å². The van der Waals surface area contributed by atoms with Crippen molar-refractivity contribution in [3.63, 3.8) is 0 Å². The molecule has 2 rings (SSSR count). The molecule has 1 fully saturated rings. The van der Waals surface area contributed by atoms with E-state index in [0.717, 1.165) is 18.0 Å². The molecule has 3 nitrogen and oxygen atoms in total. The number of hydrogen-bond donors (Lipinski definition) is 0. The van der Waals surface area contributed by atoms with E-state index >= 15 is 0 Å². The first kappa shape index (κ1) is 10.4. The number of methoxy groups -OCH3 is 1. The average molecular weight is 206 g/mol. The van der Waals surface area contributed by atoms with E-state index in [1.54, 1.807) is 7.11 Å². The lowest BCUT2D eigenvalue weighted by Gasteiger charge is -2.16. The SMILES string of the molecule is COc1cc(C)ncc1CN1CCCC1. The van der Waals surface area contributed by atoms with E-state index < -0.39 is 0 Å². The largest absolute Gasteiger partial charge is 0.496 e. The van der Waals surface area contributed by atoms with Crippen molar-refractivity contribution in [1.29, 1.82) is 0 Å². The minimum Gasteiger partial charge on any atom is -0.496 e. The van der Waals surface area contributed by atoms with Crippen LogP contribution < -0.4 is 4.74 Å². The molecule has 0 saturated carbocycles. The molecule has 1 aliphatic rings. The molecule has 1 aromatic heterocycles. The van der Waals surface area contributed by atoms with E-state index in [4.69, 9.17) is 4.74 Å². The Labute approximate surface area is 91.1 Å². The number of aryl methyl sites for hydroxylation is 1. The zero-order valence-electron chi connectivity index (χ0n) is 9.49. The van der Waals surface area contributed by atoms with Crippen molar-refractivity contribution in [2.45, 2.75) is 26.3 Å². The van der Waals surface area contributed by atoms with Crippen molar-refractivity contribution in [3.8, 4) is 5.75 Å². The summed E-state index contributed by atoms with van der Waals surface area (Å²) in [7, 11) is 1.72. The van der Waals surface area contributed by atoms with Crippen LogP contribution in [-0.4, -0.2) is 30.1 Å². The highest BCUT2D eigenvalue weighted by molar-refractivity contribution is 5.32. The third kappa shape index (κ3) is 2.48. The van der Waals surface area contributed by atoms with Gasteiger partial charge in [-0.2, -0.15) is 0 Å². The maximum atomic E-state index is 5.37. The number of likely N-dealkylation sites (tertiary alicyclic amines) is 1. The number of rotatable bonds is 3. The fourth-order valence-electron chi connectivity index (χ4n) is 2.05. The lowest BCUT2D eigenvalue weighted by molar-refractivity contribution is 0.320. The molecule has 0 unspecified atom stereocenters. The highest BCUT2D eigenvalue weighted by Crippen LogP contribution is 2.21. The summed E-state index contributed by atoms with van der Waals surface area (Å²) in [4.78, 5) is 6.78. The van der Waals surface area contributed by atoms with E-state index in [9.17, 15) is 0 Å². The first-order valence-electron chi connectivity index (χ1n) is 5.51. The molecule has 1 aliphatic heterocycles. The van der Waals surface area contributed by atoms with Crippen LogP contribution in [0.5, 0.6) is 5.75 Å². The summed E-state index contributed by atoms with van der Waals surface area (Å²) in [6.45, 7) is 5.37. The molecule has 0 radical (unpaired) electrons. The molecular formula is C12H18N2O. The van der Waals surface area contributed by atoms with E-state index in [1.165, 1.54) is 31.5 Å². The highest BCUT2D eigenvalue weighted by Gasteiger charge is 2.14. The van der Waals surface area contributed by atoms with Gasteiger partial charge in [0, 0.05) is 30.1 Å². The monoisotopic (exact) mass is 206 g/mol. The summed E-state index contributed by atoms with van der Waals surface area (Å²) >= 11 is 0. The highest BCUT2D eigenvalue weighted by atomic mass is 16.5. The Bertz CT molecular complexity index is 332. The number of pyridine rings is 1. The summed E-state index contributed by atoms with van der Waals surface area (Å²) < 4.78 is 5.37. The van der Waals surface area contributed by atoms with Crippen LogP contribution in [0.4, 0.5) is 0 Å². The van der Waals surface area contributed by atoms with Crippen LogP contribution in [0.25, 0.3) is 0 Å². The van der Waals surface area contributed by atoms with E-state index in [1.807, 2.05) is 19.2 Å². The van der Waals surface area contributed by atoms with Crippen molar-refractivity contribution in [2.24, 2.45) is 0 Å². The molecule has 0 N–H and O–H groups in total. The van der Waals surface area contributed by atoms with Crippen molar-refractivity contribution >= 4 is 0 Å². The predicted molar refractivity (Wildman–Crippen MR) is 60.0 cm³/mol. The molecule has 2 heterocycles. The standard InChI is InChI=1S/C12H18N2O/c1-10-7-12(15-2)11(8-13-10)9-14-5-3-4-6-14/h7-8H,3-6,9H2,1-2H3. The smallest absolute Gasteiger partial charge is 0.126 e. The molecule has 0 aliphatic carbocycles. The topological polar surface area (TPSA) is 25.4 Å². The van der Waals surface area contributed by atoms with E-state index in [2.05, 4.69) is 9.88 Å². The maximum absolute atomic E-state index is 5.37. The summed E-state index contributed by atoms with van der Waals surface area (Å²) in [6, 6.07) is 2.01. The van der Waals surface area contributed by atoms with Crippen LogP contribution >= 0.6 is 0 Å². The van der Waals surface area contributed by atoms with Gasteiger partial charge in [0.2, 0.25) is 0 Å². The minimum atomic E-state index is 0.967. The summed E-state index contributed by atoms with van der Waals surface area (Å²) in [5.41, 5.74) is 2.21. The second-order valence-corrected chi connectivity index (χ2v) is 4.12. The first-order chi connectivity index (χ1) is 7.29. The van der Waals surface area contributed by atoms with Crippen LogP contribution in [0.1, 0.15) is 24.1 Å². The summed E-state index contributed by atoms with van der Waals surface area (Å²) in [5, 5.41) is 0. The minimum absolute atomic E-state index is 0.967. The third-order valence-electron chi connectivity index (χ3n) is 2.89. The lowest BCUT2D eigenvalue weighted by Crippen LogP contribution is -2.19. The zero-order valence-corrected chi connectivity index (χ0v) is 9.49. The number of nitrogens with zero attached hydrogens (tertiary/aromatic N) is 2. The normalized spacial score (nSPS) is 16.9. The van der Waals surface area contributed by atoms with Gasteiger partial charge in [-0.25, -0.2) is 0 Å². The first-order valence-corrected chi connectivity index (χ1v) is 5.51. The van der Waals surface area contributed by atoms with Crippen LogP contribution in [-0.2, 0) is 6.54 Å². The van der Waals surface area contributed by atoms with Gasteiger partial charge in [0.15, 0.2) is 0 Å². The molecule has 82 valence electrons. The van der Waals surface area contributed by atoms with Gasteiger partial charge in [-0.3, -0.25) is 9.88 Å². The molecule has 15 heavy (non-hydrogen) atoms. The van der Waals surface area contributed by atoms with E-state index in [0.29, 0.717) is 0 Å². The average Bonchev–Trinajstić information content (AvgIpc) is 2.73. The van der Waals surface area contributed by atoms with Crippen molar-refractivity contribution in [1.82, 2.24) is 9.88 Å². The van der Waals surface area contributed by atoms with Crippen LogP contribution in [0.15, 0.2) is 12.3 Å². The van der Waals surface area contributed by atoms with Gasteiger partial charge < -0.3 is 4.74 Å². The van der Waals surface area contributed by atoms with Gasteiger partial charge in [-0.15, -0.1) is 0 Å². The van der Waals surface area contributed by atoms with E-state index in [-0.39, 0.29) is 0 Å². The Hall–Kier alpha value is -1.09. The lowest BCUT2D eigenvalue weighted by atomic mass is 10.2. The van der Waals surface area contributed by atoms with Gasteiger partial charge in [-0.05, 0) is 32.9 Å². The fourth-order valence-corrected chi connectivity index (χ4v) is 2.05. The molecule has 0 bridgehead atoms. The molecular weight excluding hydrogens is 188 g/mol. The van der Waals surface area contributed by atoms with Crippen molar-refractivity contribution in [2.75, 3.05) is 20.2 Å². The number of aromatic nitrogens is 1. The second-order valence-electron chi connectivity index (χ2n) is 4.12. The molecule has 1 aromatic rings. The zero-order chi connectivity index (χ0) is 10.7. The molecule has 3 heteroatoms. The van der Waals surface area contributed by atoms with Gasteiger partial charge >= 0.3 is 0 Å². The summed E-state index contributed by atoms with van der Waals surface area (Å²) in [5.74, 6) is 0.967. The van der Waals surface area contributed by atoms with Gasteiger partial charge in [-0.1, -0.05) is 0 Å². The quantitative estimate of drug-likeness (QED) is 0.756. The third-order valence-corrected chi connectivity index (χ3v) is 2.89.